The van der Waals surface area contributed by atoms with Crippen molar-refractivity contribution in [3.63, 3.8) is 0 Å². The van der Waals surface area contributed by atoms with Crippen LogP contribution in [-0.2, 0) is 4.79 Å². The summed E-state index contributed by atoms with van der Waals surface area (Å²) in [7, 11) is 0. The van der Waals surface area contributed by atoms with Gasteiger partial charge in [-0.3, -0.25) is 9.59 Å². The molecule has 0 heterocycles. The Hall–Kier alpha value is -1.84. The first kappa shape index (κ1) is 16.2. The summed E-state index contributed by atoms with van der Waals surface area (Å²) >= 11 is 0. The average Bonchev–Trinajstić information content (AvgIpc) is 2.40. The molecule has 110 valence electrons. The van der Waals surface area contributed by atoms with Gasteiger partial charge in [-0.25, -0.2) is 0 Å². The van der Waals surface area contributed by atoms with Crippen LogP contribution in [0.5, 0.6) is 0 Å². The number of aryl methyl sites for hydroxylation is 2. The van der Waals surface area contributed by atoms with E-state index in [0.29, 0.717) is 18.7 Å². The van der Waals surface area contributed by atoms with Gasteiger partial charge in [0.1, 0.15) is 0 Å². The van der Waals surface area contributed by atoms with Crippen molar-refractivity contribution < 1.29 is 9.59 Å². The largest absolute Gasteiger partial charge is 0.350 e. The Labute approximate surface area is 121 Å². The van der Waals surface area contributed by atoms with Crippen molar-refractivity contribution in [2.24, 2.45) is 0 Å². The zero-order valence-corrected chi connectivity index (χ0v) is 12.8. The summed E-state index contributed by atoms with van der Waals surface area (Å²) in [5.41, 5.74) is 2.94. The van der Waals surface area contributed by atoms with Crippen molar-refractivity contribution in [3.8, 4) is 0 Å². The molecule has 0 unspecified atom stereocenters. The third-order valence-corrected chi connectivity index (χ3v) is 3.38. The van der Waals surface area contributed by atoms with E-state index in [4.69, 9.17) is 0 Å². The van der Waals surface area contributed by atoms with Crippen molar-refractivity contribution in [3.05, 3.63) is 34.9 Å². The zero-order chi connectivity index (χ0) is 15.1. The molecule has 1 rings (SSSR count). The van der Waals surface area contributed by atoms with E-state index in [-0.39, 0.29) is 11.8 Å². The van der Waals surface area contributed by atoms with Gasteiger partial charge >= 0.3 is 0 Å². The summed E-state index contributed by atoms with van der Waals surface area (Å²) < 4.78 is 0. The number of nitrogens with one attached hydrogen (secondary N) is 1. The maximum Gasteiger partial charge on any atom is 0.251 e. The monoisotopic (exact) mass is 276 g/mol. The lowest BCUT2D eigenvalue weighted by molar-refractivity contribution is -0.128. The summed E-state index contributed by atoms with van der Waals surface area (Å²) in [5, 5.41) is 2.86. The van der Waals surface area contributed by atoms with Crippen LogP contribution in [0.2, 0.25) is 0 Å². The highest BCUT2D eigenvalue weighted by molar-refractivity contribution is 5.94. The van der Waals surface area contributed by atoms with E-state index in [1.165, 1.54) is 5.56 Å². The first-order valence-electron chi connectivity index (χ1n) is 7.06. The number of benzene rings is 1. The third kappa shape index (κ3) is 4.68. The van der Waals surface area contributed by atoms with E-state index in [2.05, 4.69) is 5.32 Å². The molecule has 0 aliphatic carbocycles. The highest BCUT2D eigenvalue weighted by Gasteiger charge is 2.09. The molecule has 0 saturated heterocycles. The van der Waals surface area contributed by atoms with Gasteiger partial charge in [-0.15, -0.1) is 0 Å². The number of rotatable bonds is 6. The summed E-state index contributed by atoms with van der Waals surface area (Å²) in [6.07, 6.45) is 0.921. The van der Waals surface area contributed by atoms with Crippen LogP contribution >= 0.6 is 0 Å². The summed E-state index contributed by atoms with van der Waals surface area (Å²) in [5.74, 6) is -0.0413. The number of nitrogens with zero attached hydrogens (tertiary/aromatic N) is 1. The van der Waals surface area contributed by atoms with Crippen LogP contribution in [0.15, 0.2) is 18.2 Å². The maximum atomic E-state index is 12.0. The van der Waals surface area contributed by atoms with Crippen molar-refractivity contribution >= 4 is 11.8 Å². The Bertz CT molecular complexity index is 483. The predicted octanol–water partition coefficient (Wildman–Crippen LogP) is 2.29. The van der Waals surface area contributed by atoms with Crippen molar-refractivity contribution in [1.82, 2.24) is 10.2 Å². The van der Waals surface area contributed by atoms with Gasteiger partial charge < -0.3 is 10.2 Å². The minimum atomic E-state index is -0.0897. The summed E-state index contributed by atoms with van der Waals surface area (Å²) in [6.45, 7) is 9.36. The molecule has 0 radical (unpaired) electrons. The van der Waals surface area contributed by atoms with E-state index < -0.39 is 0 Å². The van der Waals surface area contributed by atoms with Crippen LogP contribution in [-0.4, -0.2) is 36.3 Å². The lowest BCUT2D eigenvalue weighted by atomic mass is 10.1. The minimum absolute atomic E-state index is 0.0484. The molecule has 0 saturated carbocycles. The molecular weight excluding hydrogens is 252 g/mol. The molecule has 4 heteroatoms. The number of hydrogen-bond donors (Lipinski definition) is 1. The highest BCUT2D eigenvalue weighted by Crippen LogP contribution is 2.09. The molecule has 0 aliphatic heterocycles. The van der Waals surface area contributed by atoms with E-state index in [9.17, 15) is 9.59 Å². The molecule has 0 atom stereocenters. The molecule has 1 aromatic rings. The molecule has 2 amide bonds. The first-order valence-corrected chi connectivity index (χ1v) is 7.06. The second kappa shape index (κ2) is 7.68. The maximum absolute atomic E-state index is 12.0. The van der Waals surface area contributed by atoms with E-state index in [1.54, 1.807) is 11.8 Å². The normalized spacial score (nSPS) is 10.2. The average molecular weight is 276 g/mol. The Morgan fingerprint density at radius 2 is 1.85 bits per heavy atom. The van der Waals surface area contributed by atoms with Crippen molar-refractivity contribution in [1.29, 1.82) is 0 Å². The Morgan fingerprint density at radius 3 is 2.40 bits per heavy atom. The molecule has 0 aliphatic rings. The smallest absolute Gasteiger partial charge is 0.251 e. The number of carbonyl (C=O) groups excluding carboxylic acids is 2. The molecule has 1 aromatic carbocycles. The first-order chi connectivity index (χ1) is 9.45. The zero-order valence-electron chi connectivity index (χ0n) is 12.8. The topological polar surface area (TPSA) is 49.4 Å². The van der Waals surface area contributed by atoms with Crippen LogP contribution in [0.3, 0.4) is 0 Å². The molecular formula is C16H24N2O2. The molecule has 1 N–H and O–H groups in total. The lowest BCUT2D eigenvalue weighted by Crippen LogP contribution is -2.37. The van der Waals surface area contributed by atoms with Crippen molar-refractivity contribution in [2.75, 3.05) is 19.6 Å². The summed E-state index contributed by atoms with van der Waals surface area (Å²) in [6, 6.07) is 5.66. The Balaban J connectivity index is 2.50. The Kier molecular flexibility index (Phi) is 6.22. The van der Waals surface area contributed by atoms with Crippen LogP contribution in [0.1, 0.15) is 41.8 Å². The quantitative estimate of drug-likeness (QED) is 0.866. The predicted molar refractivity (Wildman–Crippen MR) is 80.8 cm³/mol. The van der Waals surface area contributed by atoms with Gasteiger partial charge in [0, 0.05) is 32.1 Å². The van der Waals surface area contributed by atoms with E-state index in [1.807, 2.05) is 39.0 Å². The van der Waals surface area contributed by atoms with Gasteiger partial charge in [0.05, 0.1) is 0 Å². The number of amides is 2. The van der Waals surface area contributed by atoms with Gasteiger partial charge in [-0.2, -0.15) is 0 Å². The van der Waals surface area contributed by atoms with Crippen LogP contribution in [0.25, 0.3) is 0 Å². The van der Waals surface area contributed by atoms with Crippen LogP contribution in [0.4, 0.5) is 0 Å². The lowest BCUT2D eigenvalue weighted by Gasteiger charge is -2.20. The Morgan fingerprint density at radius 1 is 1.15 bits per heavy atom. The van der Waals surface area contributed by atoms with Gasteiger partial charge in [-0.05, 0) is 43.5 Å². The standard InChI is InChI=1S/C16H24N2O2/c1-5-9-18(14(4)19)10-8-17-16(20)15-7-6-12(2)13(3)11-15/h6-7,11H,5,8-10H2,1-4H3,(H,17,20). The number of carbonyl (C=O) groups is 2. The molecule has 0 bridgehead atoms. The molecule has 4 nitrogen and oxygen atoms in total. The number of hydrogen-bond acceptors (Lipinski definition) is 2. The second-order valence-corrected chi connectivity index (χ2v) is 5.06. The molecule has 0 aromatic heterocycles. The SMILES string of the molecule is CCCN(CCNC(=O)c1ccc(C)c(C)c1)C(C)=O. The van der Waals surface area contributed by atoms with Gasteiger partial charge in [-0.1, -0.05) is 13.0 Å². The van der Waals surface area contributed by atoms with Gasteiger partial charge in [0.25, 0.3) is 5.91 Å². The molecule has 0 spiro atoms. The van der Waals surface area contributed by atoms with E-state index >= 15 is 0 Å². The fraction of sp³-hybridized carbons (Fsp3) is 0.500. The van der Waals surface area contributed by atoms with Gasteiger partial charge in [0.15, 0.2) is 0 Å². The molecule has 20 heavy (non-hydrogen) atoms. The third-order valence-electron chi connectivity index (χ3n) is 3.38. The second-order valence-electron chi connectivity index (χ2n) is 5.06. The summed E-state index contributed by atoms with van der Waals surface area (Å²) in [4.78, 5) is 25.1. The van der Waals surface area contributed by atoms with Crippen molar-refractivity contribution in [2.45, 2.75) is 34.1 Å². The molecule has 0 fully saturated rings. The van der Waals surface area contributed by atoms with Gasteiger partial charge in [0.2, 0.25) is 5.91 Å². The van der Waals surface area contributed by atoms with Crippen LogP contribution < -0.4 is 5.32 Å². The van der Waals surface area contributed by atoms with Crippen LogP contribution in [0, 0.1) is 13.8 Å². The fourth-order valence-electron chi connectivity index (χ4n) is 1.99. The van der Waals surface area contributed by atoms with E-state index in [0.717, 1.165) is 18.5 Å². The fourth-order valence-corrected chi connectivity index (χ4v) is 1.99. The highest BCUT2D eigenvalue weighted by atomic mass is 16.2. The minimum Gasteiger partial charge on any atom is -0.350 e.